The summed E-state index contributed by atoms with van der Waals surface area (Å²) in [5, 5.41) is 3.54. The SMILES string of the molecule is CC=CC(C)Nc1c(C)cccc1CC. The van der Waals surface area contributed by atoms with Gasteiger partial charge in [0.25, 0.3) is 0 Å². The Morgan fingerprint density at radius 3 is 2.73 bits per heavy atom. The Kier molecular flexibility index (Phi) is 4.41. The van der Waals surface area contributed by atoms with Gasteiger partial charge >= 0.3 is 0 Å². The van der Waals surface area contributed by atoms with E-state index in [1.165, 1.54) is 16.8 Å². The first-order valence-corrected chi connectivity index (χ1v) is 5.66. The Labute approximate surface area is 93.2 Å². The van der Waals surface area contributed by atoms with Gasteiger partial charge in [0.2, 0.25) is 0 Å². The van der Waals surface area contributed by atoms with Crippen LogP contribution in [0.1, 0.15) is 31.9 Å². The average molecular weight is 203 g/mol. The Hall–Kier alpha value is -1.24. The van der Waals surface area contributed by atoms with E-state index in [0.717, 1.165) is 6.42 Å². The van der Waals surface area contributed by atoms with Crippen LogP contribution in [-0.2, 0) is 6.42 Å². The lowest BCUT2D eigenvalue weighted by Gasteiger charge is -2.17. The van der Waals surface area contributed by atoms with Crippen LogP contribution < -0.4 is 5.32 Å². The summed E-state index contributed by atoms with van der Waals surface area (Å²) in [5.41, 5.74) is 4.02. The lowest BCUT2D eigenvalue weighted by molar-refractivity contribution is 0.978. The Balaban J connectivity index is 2.92. The van der Waals surface area contributed by atoms with Crippen molar-refractivity contribution in [2.75, 3.05) is 5.32 Å². The maximum atomic E-state index is 3.54. The molecule has 0 saturated carbocycles. The van der Waals surface area contributed by atoms with E-state index in [1.54, 1.807) is 0 Å². The molecule has 1 N–H and O–H groups in total. The van der Waals surface area contributed by atoms with Crippen molar-refractivity contribution in [2.24, 2.45) is 0 Å². The fourth-order valence-electron chi connectivity index (χ4n) is 1.79. The summed E-state index contributed by atoms with van der Waals surface area (Å²) in [5.74, 6) is 0. The molecule has 0 spiro atoms. The Morgan fingerprint density at radius 1 is 1.40 bits per heavy atom. The van der Waals surface area contributed by atoms with Gasteiger partial charge in [0.1, 0.15) is 0 Å². The number of para-hydroxylation sites is 1. The topological polar surface area (TPSA) is 12.0 Å². The van der Waals surface area contributed by atoms with Gasteiger partial charge in [0.05, 0.1) is 0 Å². The number of benzene rings is 1. The Morgan fingerprint density at radius 2 is 2.13 bits per heavy atom. The molecule has 0 heterocycles. The second kappa shape index (κ2) is 5.59. The molecule has 0 fully saturated rings. The van der Waals surface area contributed by atoms with Crippen LogP contribution in [0.2, 0.25) is 0 Å². The number of hydrogen-bond donors (Lipinski definition) is 1. The predicted molar refractivity (Wildman–Crippen MR) is 68.5 cm³/mol. The lowest BCUT2D eigenvalue weighted by atomic mass is 10.1. The van der Waals surface area contributed by atoms with E-state index in [4.69, 9.17) is 0 Å². The third-order valence-electron chi connectivity index (χ3n) is 2.59. The van der Waals surface area contributed by atoms with E-state index in [1.807, 2.05) is 0 Å². The highest BCUT2D eigenvalue weighted by atomic mass is 14.9. The monoisotopic (exact) mass is 203 g/mol. The largest absolute Gasteiger partial charge is 0.379 e. The molecule has 0 aromatic heterocycles. The van der Waals surface area contributed by atoms with Gasteiger partial charge in [-0.15, -0.1) is 0 Å². The van der Waals surface area contributed by atoms with Crippen molar-refractivity contribution in [3.05, 3.63) is 41.5 Å². The molecule has 0 saturated heterocycles. The van der Waals surface area contributed by atoms with Crippen molar-refractivity contribution in [3.8, 4) is 0 Å². The summed E-state index contributed by atoms with van der Waals surface area (Å²) in [6, 6.07) is 6.86. The molecule has 0 aliphatic carbocycles. The fourth-order valence-corrected chi connectivity index (χ4v) is 1.79. The van der Waals surface area contributed by atoms with Crippen LogP contribution in [-0.4, -0.2) is 6.04 Å². The molecule has 1 aromatic carbocycles. The number of nitrogens with one attached hydrogen (secondary N) is 1. The van der Waals surface area contributed by atoms with Crippen LogP contribution in [0.5, 0.6) is 0 Å². The highest BCUT2D eigenvalue weighted by Gasteiger charge is 2.05. The number of hydrogen-bond acceptors (Lipinski definition) is 1. The molecule has 0 aliphatic rings. The summed E-state index contributed by atoms with van der Waals surface area (Å²) in [6.45, 7) is 8.58. The van der Waals surface area contributed by atoms with Crippen LogP contribution in [0.25, 0.3) is 0 Å². The normalized spacial score (nSPS) is 13.1. The van der Waals surface area contributed by atoms with Crippen molar-refractivity contribution in [3.63, 3.8) is 0 Å². The van der Waals surface area contributed by atoms with E-state index in [-0.39, 0.29) is 0 Å². The third-order valence-corrected chi connectivity index (χ3v) is 2.59. The molecule has 82 valence electrons. The first-order chi connectivity index (χ1) is 7.19. The second-order valence-electron chi connectivity index (χ2n) is 3.92. The average Bonchev–Trinajstić information content (AvgIpc) is 2.21. The molecule has 15 heavy (non-hydrogen) atoms. The zero-order valence-electron chi connectivity index (χ0n) is 10.2. The molecule has 0 radical (unpaired) electrons. The molecule has 1 nitrogen and oxygen atoms in total. The number of rotatable bonds is 4. The van der Waals surface area contributed by atoms with Gasteiger partial charge in [0.15, 0.2) is 0 Å². The first kappa shape index (κ1) is 11.8. The highest BCUT2D eigenvalue weighted by molar-refractivity contribution is 5.58. The molecule has 0 aliphatic heterocycles. The third kappa shape index (κ3) is 3.12. The molecule has 1 rings (SSSR count). The van der Waals surface area contributed by atoms with Crippen LogP contribution >= 0.6 is 0 Å². The second-order valence-corrected chi connectivity index (χ2v) is 3.92. The predicted octanol–water partition coefficient (Wildman–Crippen LogP) is 3.93. The minimum Gasteiger partial charge on any atom is -0.379 e. The van der Waals surface area contributed by atoms with Gasteiger partial charge in [-0.2, -0.15) is 0 Å². The molecule has 1 heteroatoms. The highest BCUT2D eigenvalue weighted by Crippen LogP contribution is 2.21. The standard InChI is InChI=1S/C14H21N/c1-5-8-12(4)15-14-11(3)9-7-10-13(14)6-2/h5,7-10,12,15H,6H2,1-4H3. The van der Waals surface area contributed by atoms with Gasteiger partial charge < -0.3 is 5.32 Å². The minimum atomic E-state index is 0.390. The summed E-state index contributed by atoms with van der Waals surface area (Å²) in [7, 11) is 0. The van der Waals surface area contributed by atoms with Gasteiger partial charge in [-0.25, -0.2) is 0 Å². The van der Waals surface area contributed by atoms with Crippen LogP contribution in [0.4, 0.5) is 5.69 Å². The molecule has 0 bridgehead atoms. The van der Waals surface area contributed by atoms with E-state index in [0.29, 0.717) is 6.04 Å². The van der Waals surface area contributed by atoms with Crippen molar-refractivity contribution < 1.29 is 0 Å². The number of aryl methyl sites for hydroxylation is 2. The van der Waals surface area contributed by atoms with E-state index in [9.17, 15) is 0 Å². The molecular weight excluding hydrogens is 182 g/mol. The zero-order valence-corrected chi connectivity index (χ0v) is 10.2. The van der Waals surface area contributed by atoms with E-state index >= 15 is 0 Å². The fraction of sp³-hybridized carbons (Fsp3) is 0.429. The maximum absolute atomic E-state index is 3.54. The van der Waals surface area contributed by atoms with Crippen molar-refractivity contribution >= 4 is 5.69 Å². The van der Waals surface area contributed by atoms with Gasteiger partial charge in [0, 0.05) is 11.7 Å². The summed E-state index contributed by atoms with van der Waals surface area (Å²) < 4.78 is 0. The van der Waals surface area contributed by atoms with Gasteiger partial charge in [-0.05, 0) is 38.3 Å². The minimum absolute atomic E-state index is 0.390. The molecule has 1 atom stereocenters. The van der Waals surface area contributed by atoms with Gasteiger partial charge in [-0.3, -0.25) is 0 Å². The quantitative estimate of drug-likeness (QED) is 0.731. The molecular formula is C14H21N. The summed E-state index contributed by atoms with van der Waals surface area (Å²) in [6.07, 6.45) is 5.33. The number of anilines is 1. The maximum Gasteiger partial charge on any atom is 0.0416 e. The van der Waals surface area contributed by atoms with E-state index < -0.39 is 0 Å². The van der Waals surface area contributed by atoms with Crippen LogP contribution in [0, 0.1) is 6.92 Å². The number of allylic oxidation sites excluding steroid dienone is 1. The first-order valence-electron chi connectivity index (χ1n) is 5.66. The van der Waals surface area contributed by atoms with Crippen LogP contribution in [0.15, 0.2) is 30.4 Å². The van der Waals surface area contributed by atoms with Crippen molar-refractivity contribution in [1.82, 2.24) is 0 Å². The molecule has 0 amide bonds. The zero-order chi connectivity index (χ0) is 11.3. The molecule has 1 unspecified atom stereocenters. The smallest absolute Gasteiger partial charge is 0.0416 e. The summed E-state index contributed by atoms with van der Waals surface area (Å²) >= 11 is 0. The Bertz CT molecular complexity index is 339. The summed E-state index contributed by atoms with van der Waals surface area (Å²) in [4.78, 5) is 0. The molecule has 1 aromatic rings. The van der Waals surface area contributed by atoms with Crippen molar-refractivity contribution in [1.29, 1.82) is 0 Å². The van der Waals surface area contributed by atoms with Crippen LogP contribution in [0.3, 0.4) is 0 Å². The lowest BCUT2D eigenvalue weighted by Crippen LogP contribution is -2.14. The van der Waals surface area contributed by atoms with Gasteiger partial charge in [-0.1, -0.05) is 37.3 Å². The van der Waals surface area contributed by atoms with E-state index in [2.05, 4.69) is 63.4 Å². The van der Waals surface area contributed by atoms with Crippen molar-refractivity contribution in [2.45, 2.75) is 40.2 Å².